The molecule has 0 aliphatic rings. The van der Waals surface area contributed by atoms with E-state index in [2.05, 4.69) is 42.0 Å². The van der Waals surface area contributed by atoms with E-state index in [1.54, 1.807) is 0 Å². The SMILES string of the molecule is Cc1cccc2c1ccn2CCOc1cccc(CN)c1. The van der Waals surface area contributed by atoms with E-state index in [0.717, 1.165) is 17.9 Å². The Balaban J connectivity index is 1.68. The Kier molecular flexibility index (Phi) is 3.93. The summed E-state index contributed by atoms with van der Waals surface area (Å²) < 4.78 is 8.06. The minimum absolute atomic E-state index is 0.540. The summed E-state index contributed by atoms with van der Waals surface area (Å²) in [6, 6.07) is 16.5. The van der Waals surface area contributed by atoms with Gasteiger partial charge in [-0.15, -0.1) is 0 Å². The van der Waals surface area contributed by atoms with Gasteiger partial charge in [0.2, 0.25) is 0 Å². The molecule has 0 fully saturated rings. The molecule has 1 aromatic heterocycles. The van der Waals surface area contributed by atoms with Crippen LogP contribution in [0.15, 0.2) is 54.7 Å². The molecule has 0 amide bonds. The highest BCUT2D eigenvalue weighted by Crippen LogP contribution is 2.19. The summed E-state index contributed by atoms with van der Waals surface area (Å²) >= 11 is 0. The smallest absolute Gasteiger partial charge is 0.119 e. The highest BCUT2D eigenvalue weighted by Gasteiger charge is 2.03. The molecule has 0 bridgehead atoms. The third kappa shape index (κ3) is 2.93. The first-order valence-electron chi connectivity index (χ1n) is 7.24. The summed E-state index contributed by atoms with van der Waals surface area (Å²) in [5, 5.41) is 1.31. The topological polar surface area (TPSA) is 40.2 Å². The number of nitrogens with two attached hydrogens (primary N) is 1. The lowest BCUT2D eigenvalue weighted by Crippen LogP contribution is -2.07. The first-order valence-corrected chi connectivity index (χ1v) is 7.24. The fourth-order valence-electron chi connectivity index (χ4n) is 2.60. The van der Waals surface area contributed by atoms with Crippen LogP contribution >= 0.6 is 0 Å². The van der Waals surface area contributed by atoms with Crippen molar-refractivity contribution in [2.45, 2.75) is 20.0 Å². The zero-order valence-corrected chi connectivity index (χ0v) is 12.3. The van der Waals surface area contributed by atoms with E-state index in [9.17, 15) is 0 Å². The van der Waals surface area contributed by atoms with Gasteiger partial charge < -0.3 is 15.0 Å². The number of benzene rings is 2. The summed E-state index contributed by atoms with van der Waals surface area (Å²) in [6.07, 6.45) is 2.12. The summed E-state index contributed by atoms with van der Waals surface area (Å²) in [6.45, 7) is 4.16. The number of rotatable bonds is 5. The zero-order chi connectivity index (χ0) is 14.7. The molecule has 0 radical (unpaired) electrons. The lowest BCUT2D eigenvalue weighted by molar-refractivity contribution is 0.300. The van der Waals surface area contributed by atoms with E-state index < -0.39 is 0 Å². The van der Waals surface area contributed by atoms with Gasteiger partial charge in [-0.05, 0) is 42.3 Å². The van der Waals surface area contributed by atoms with Crippen LogP contribution in [0.3, 0.4) is 0 Å². The van der Waals surface area contributed by atoms with Crippen molar-refractivity contribution >= 4 is 10.9 Å². The van der Waals surface area contributed by atoms with Crippen molar-refractivity contribution in [2.75, 3.05) is 6.61 Å². The quantitative estimate of drug-likeness (QED) is 0.777. The number of aryl methyl sites for hydroxylation is 1. The number of hydrogen-bond donors (Lipinski definition) is 1. The molecule has 0 aliphatic heterocycles. The Labute approximate surface area is 125 Å². The van der Waals surface area contributed by atoms with Crippen LogP contribution in [-0.4, -0.2) is 11.2 Å². The Hall–Kier alpha value is -2.26. The van der Waals surface area contributed by atoms with Crippen LogP contribution in [-0.2, 0) is 13.1 Å². The lowest BCUT2D eigenvalue weighted by Gasteiger charge is -2.09. The number of nitrogens with zero attached hydrogens (tertiary/aromatic N) is 1. The van der Waals surface area contributed by atoms with Gasteiger partial charge in [0, 0.05) is 23.6 Å². The van der Waals surface area contributed by atoms with Crippen molar-refractivity contribution in [2.24, 2.45) is 5.73 Å². The monoisotopic (exact) mass is 280 g/mol. The van der Waals surface area contributed by atoms with Crippen LogP contribution < -0.4 is 10.5 Å². The molecule has 3 nitrogen and oxygen atoms in total. The number of aromatic nitrogens is 1. The van der Waals surface area contributed by atoms with Crippen molar-refractivity contribution in [3.05, 3.63) is 65.9 Å². The molecule has 0 atom stereocenters. The highest BCUT2D eigenvalue weighted by atomic mass is 16.5. The predicted octanol–water partition coefficient (Wildman–Crippen LogP) is 3.49. The highest BCUT2D eigenvalue weighted by molar-refractivity contribution is 5.83. The van der Waals surface area contributed by atoms with E-state index in [-0.39, 0.29) is 0 Å². The van der Waals surface area contributed by atoms with Crippen molar-refractivity contribution in [1.29, 1.82) is 0 Å². The van der Waals surface area contributed by atoms with Crippen molar-refractivity contribution < 1.29 is 4.74 Å². The Morgan fingerprint density at radius 3 is 2.81 bits per heavy atom. The normalized spacial score (nSPS) is 11.0. The van der Waals surface area contributed by atoms with Crippen molar-refractivity contribution in [1.82, 2.24) is 4.57 Å². The van der Waals surface area contributed by atoms with Crippen LogP contribution in [0, 0.1) is 6.92 Å². The standard InChI is InChI=1S/C18H20N2O/c1-14-4-2-7-18-17(14)8-9-20(18)10-11-21-16-6-3-5-15(12-16)13-19/h2-9,12H,10-11,13,19H2,1H3. The minimum Gasteiger partial charge on any atom is -0.492 e. The average molecular weight is 280 g/mol. The molecule has 0 unspecified atom stereocenters. The fraction of sp³-hybridized carbons (Fsp3) is 0.222. The summed E-state index contributed by atoms with van der Waals surface area (Å²) in [4.78, 5) is 0. The first-order chi connectivity index (χ1) is 10.3. The van der Waals surface area contributed by atoms with E-state index in [0.29, 0.717) is 13.2 Å². The Morgan fingerprint density at radius 1 is 1.10 bits per heavy atom. The zero-order valence-electron chi connectivity index (χ0n) is 12.3. The van der Waals surface area contributed by atoms with E-state index in [4.69, 9.17) is 10.5 Å². The maximum Gasteiger partial charge on any atom is 0.119 e. The van der Waals surface area contributed by atoms with Gasteiger partial charge in [0.05, 0.1) is 6.54 Å². The molecule has 0 aliphatic carbocycles. The second-order valence-electron chi connectivity index (χ2n) is 5.22. The van der Waals surface area contributed by atoms with E-state index in [1.165, 1.54) is 16.5 Å². The third-order valence-corrected chi connectivity index (χ3v) is 3.77. The minimum atomic E-state index is 0.540. The molecule has 108 valence electrons. The number of ether oxygens (including phenoxy) is 1. The van der Waals surface area contributed by atoms with Crippen molar-refractivity contribution in [3.63, 3.8) is 0 Å². The molecule has 1 heterocycles. The maximum atomic E-state index is 5.82. The molecular weight excluding hydrogens is 260 g/mol. The van der Waals surface area contributed by atoms with Gasteiger partial charge >= 0.3 is 0 Å². The van der Waals surface area contributed by atoms with Crippen molar-refractivity contribution in [3.8, 4) is 5.75 Å². The first kappa shape index (κ1) is 13.7. The van der Waals surface area contributed by atoms with Gasteiger partial charge in [0.15, 0.2) is 0 Å². The second-order valence-corrected chi connectivity index (χ2v) is 5.22. The summed E-state index contributed by atoms with van der Waals surface area (Å²) in [5.41, 5.74) is 9.30. The van der Waals surface area contributed by atoms with E-state index in [1.807, 2.05) is 24.3 Å². The second kappa shape index (κ2) is 6.02. The van der Waals surface area contributed by atoms with Crippen LogP contribution in [0.1, 0.15) is 11.1 Å². The van der Waals surface area contributed by atoms with Crippen LogP contribution in [0.2, 0.25) is 0 Å². The Morgan fingerprint density at radius 2 is 1.95 bits per heavy atom. The molecular formula is C18H20N2O. The van der Waals surface area contributed by atoms with Gasteiger partial charge in [-0.3, -0.25) is 0 Å². The predicted molar refractivity (Wildman–Crippen MR) is 86.5 cm³/mol. The molecule has 0 saturated heterocycles. The molecule has 3 heteroatoms. The van der Waals surface area contributed by atoms with E-state index >= 15 is 0 Å². The van der Waals surface area contributed by atoms with Gasteiger partial charge in [-0.25, -0.2) is 0 Å². The van der Waals surface area contributed by atoms with Crippen LogP contribution in [0.4, 0.5) is 0 Å². The van der Waals surface area contributed by atoms with Crippen LogP contribution in [0.25, 0.3) is 10.9 Å². The molecule has 21 heavy (non-hydrogen) atoms. The fourth-order valence-corrected chi connectivity index (χ4v) is 2.60. The van der Waals surface area contributed by atoms with Gasteiger partial charge in [-0.2, -0.15) is 0 Å². The maximum absolute atomic E-state index is 5.82. The molecule has 2 aromatic carbocycles. The van der Waals surface area contributed by atoms with Gasteiger partial charge in [-0.1, -0.05) is 24.3 Å². The Bertz CT molecular complexity index is 746. The number of hydrogen-bond acceptors (Lipinski definition) is 2. The largest absolute Gasteiger partial charge is 0.492 e. The van der Waals surface area contributed by atoms with Gasteiger partial charge in [0.25, 0.3) is 0 Å². The van der Waals surface area contributed by atoms with Crippen LogP contribution in [0.5, 0.6) is 5.75 Å². The van der Waals surface area contributed by atoms with Gasteiger partial charge in [0.1, 0.15) is 12.4 Å². The molecule has 3 aromatic rings. The summed E-state index contributed by atoms with van der Waals surface area (Å²) in [5.74, 6) is 0.880. The number of fused-ring (bicyclic) bond motifs is 1. The molecule has 3 rings (SSSR count). The molecule has 0 saturated carbocycles. The average Bonchev–Trinajstić information content (AvgIpc) is 2.92. The molecule has 0 spiro atoms. The lowest BCUT2D eigenvalue weighted by atomic mass is 10.1. The summed E-state index contributed by atoms with van der Waals surface area (Å²) in [7, 11) is 0. The third-order valence-electron chi connectivity index (χ3n) is 3.77. The molecule has 2 N–H and O–H groups in total.